The average Bonchev–Trinajstić information content (AvgIpc) is 2.28. The molecule has 6 nitrogen and oxygen atoms in total. The van der Waals surface area contributed by atoms with Crippen LogP contribution < -0.4 is 16.2 Å². The Morgan fingerprint density at radius 3 is 2.88 bits per heavy atom. The van der Waals surface area contributed by atoms with Crippen LogP contribution >= 0.6 is 0 Å². The number of nitrogens with two attached hydrogens (primary N) is 1. The van der Waals surface area contributed by atoms with Crippen molar-refractivity contribution in [2.75, 3.05) is 32.2 Å². The Morgan fingerprint density at radius 2 is 2.35 bits per heavy atom. The van der Waals surface area contributed by atoms with E-state index in [0.29, 0.717) is 13.2 Å². The maximum absolute atomic E-state index is 11.7. The highest BCUT2D eigenvalue weighted by atomic mass is 16.5. The first kappa shape index (κ1) is 13.7. The fourth-order valence-corrected chi connectivity index (χ4v) is 1.40. The zero-order chi connectivity index (χ0) is 12.8. The van der Waals surface area contributed by atoms with Crippen LogP contribution in [0.2, 0.25) is 0 Å². The predicted octanol–water partition coefficient (Wildman–Crippen LogP) is -0.327. The van der Waals surface area contributed by atoms with Crippen molar-refractivity contribution in [1.29, 1.82) is 0 Å². The van der Waals surface area contributed by atoms with Gasteiger partial charge in [-0.05, 0) is 6.92 Å². The zero-order valence-corrected chi connectivity index (χ0v) is 10.6. The lowest BCUT2D eigenvalue weighted by atomic mass is 10.3. The van der Waals surface area contributed by atoms with Crippen LogP contribution in [0, 0.1) is 0 Å². The zero-order valence-electron chi connectivity index (χ0n) is 10.6. The van der Waals surface area contributed by atoms with Gasteiger partial charge in [-0.25, -0.2) is 4.68 Å². The van der Waals surface area contributed by atoms with E-state index in [1.807, 2.05) is 18.9 Å². The van der Waals surface area contributed by atoms with E-state index in [1.165, 1.54) is 4.68 Å². The summed E-state index contributed by atoms with van der Waals surface area (Å²) >= 11 is 0. The highest BCUT2D eigenvalue weighted by Gasteiger charge is 2.05. The van der Waals surface area contributed by atoms with Crippen molar-refractivity contribution in [2.45, 2.75) is 19.5 Å². The maximum atomic E-state index is 11.7. The van der Waals surface area contributed by atoms with Gasteiger partial charge in [0.2, 0.25) is 0 Å². The predicted molar refractivity (Wildman–Crippen MR) is 67.3 cm³/mol. The minimum absolute atomic E-state index is 0.0859. The molecule has 96 valence electrons. The fourth-order valence-electron chi connectivity index (χ4n) is 1.40. The van der Waals surface area contributed by atoms with Crippen molar-refractivity contribution in [3.63, 3.8) is 0 Å². The second-order valence-corrected chi connectivity index (χ2v) is 4.13. The van der Waals surface area contributed by atoms with E-state index in [1.54, 1.807) is 19.4 Å². The number of ether oxygens (including phenoxy) is 1. The summed E-state index contributed by atoms with van der Waals surface area (Å²) < 4.78 is 6.35. The first-order chi connectivity index (χ1) is 8.04. The third-order valence-electron chi connectivity index (χ3n) is 2.39. The molecule has 1 heterocycles. The van der Waals surface area contributed by atoms with Gasteiger partial charge in [-0.2, -0.15) is 5.10 Å². The van der Waals surface area contributed by atoms with Gasteiger partial charge in [-0.15, -0.1) is 0 Å². The van der Waals surface area contributed by atoms with E-state index in [-0.39, 0.29) is 11.6 Å². The molecule has 1 aromatic rings. The number of hydrogen-bond donors (Lipinski definition) is 1. The van der Waals surface area contributed by atoms with Crippen molar-refractivity contribution in [3.05, 3.63) is 22.6 Å². The Morgan fingerprint density at radius 1 is 1.65 bits per heavy atom. The van der Waals surface area contributed by atoms with Crippen LogP contribution in [0.1, 0.15) is 6.92 Å². The molecular formula is C11H20N4O2. The summed E-state index contributed by atoms with van der Waals surface area (Å²) in [6.07, 6.45) is 1.67. The minimum atomic E-state index is -0.135. The van der Waals surface area contributed by atoms with Crippen LogP contribution in [0.3, 0.4) is 0 Å². The molecule has 0 aliphatic rings. The monoisotopic (exact) mass is 240 g/mol. The molecule has 1 atom stereocenters. The lowest BCUT2D eigenvalue weighted by Crippen LogP contribution is -2.32. The van der Waals surface area contributed by atoms with Crippen LogP contribution in [0.5, 0.6) is 0 Å². The molecule has 0 amide bonds. The molecule has 1 aromatic heterocycles. The third kappa shape index (κ3) is 4.16. The van der Waals surface area contributed by atoms with Crippen molar-refractivity contribution in [1.82, 2.24) is 9.78 Å². The van der Waals surface area contributed by atoms with Crippen molar-refractivity contribution in [3.8, 4) is 0 Å². The minimum Gasteiger partial charge on any atom is -0.383 e. The molecule has 0 radical (unpaired) electrons. The van der Waals surface area contributed by atoms with Gasteiger partial charge >= 0.3 is 0 Å². The second-order valence-electron chi connectivity index (χ2n) is 4.13. The van der Waals surface area contributed by atoms with Crippen molar-refractivity contribution in [2.24, 2.45) is 5.73 Å². The fraction of sp³-hybridized carbons (Fsp3) is 0.636. The Labute approximate surface area is 101 Å². The Kier molecular flexibility index (Phi) is 5.11. The molecule has 0 spiro atoms. The first-order valence-corrected chi connectivity index (χ1v) is 5.57. The molecule has 0 aliphatic carbocycles. The average molecular weight is 240 g/mol. The lowest BCUT2D eigenvalue weighted by Gasteiger charge is -2.18. The van der Waals surface area contributed by atoms with Gasteiger partial charge < -0.3 is 15.4 Å². The summed E-state index contributed by atoms with van der Waals surface area (Å²) in [6.45, 7) is 3.60. The van der Waals surface area contributed by atoms with Gasteiger partial charge in [0.05, 0.1) is 25.0 Å². The number of likely N-dealkylation sites (N-methyl/N-ethyl adjacent to an activating group) is 1. The van der Waals surface area contributed by atoms with E-state index in [4.69, 9.17) is 10.5 Å². The summed E-state index contributed by atoms with van der Waals surface area (Å²) in [6, 6.07) is 1.47. The number of hydrogen-bond acceptors (Lipinski definition) is 5. The molecule has 0 bridgehead atoms. The standard InChI is InChI=1S/C11H20N4O2/c1-9(12)8-15-11(16)6-10(7-13-15)14(2)4-5-17-3/h6-7,9H,4-5,8,12H2,1-3H3. The quantitative estimate of drug-likeness (QED) is 0.737. The first-order valence-electron chi connectivity index (χ1n) is 5.57. The van der Waals surface area contributed by atoms with Gasteiger partial charge in [-0.3, -0.25) is 4.79 Å². The number of rotatable bonds is 6. The summed E-state index contributed by atoms with van der Waals surface area (Å²) in [4.78, 5) is 13.7. The van der Waals surface area contributed by atoms with Crippen molar-refractivity contribution < 1.29 is 4.74 Å². The number of aromatic nitrogens is 2. The van der Waals surface area contributed by atoms with Crippen LogP contribution in [-0.2, 0) is 11.3 Å². The van der Waals surface area contributed by atoms with E-state index >= 15 is 0 Å². The highest BCUT2D eigenvalue weighted by molar-refractivity contribution is 5.41. The van der Waals surface area contributed by atoms with Gasteiger partial charge in [0.25, 0.3) is 5.56 Å². The molecule has 17 heavy (non-hydrogen) atoms. The molecule has 6 heteroatoms. The van der Waals surface area contributed by atoms with Gasteiger partial charge in [0, 0.05) is 32.8 Å². The van der Waals surface area contributed by atoms with Gasteiger partial charge in [0.15, 0.2) is 0 Å². The van der Waals surface area contributed by atoms with Crippen LogP contribution in [-0.4, -0.2) is 43.1 Å². The number of nitrogens with zero attached hydrogens (tertiary/aromatic N) is 3. The molecule has 2 N–H and O–H groups in total. The Hall–Kier alpha value is -1.40. The molecule has 0 aromatic carbocycles. The largest absolute Gasteiger partial charge is 0.383 e. The number of methoxy groups -OCH3 is 1. The summed E-state index contributed by atoms with van der Waals surface area (Å²) in [5.41, 5.74) is 6.28. The lowest BCUT2D eigenvalue weighted by molar-refractivity contribution is 0.206. The molecule has 0 saturated heterocycles. The van der Waals surface area contributed by atoms with E-state index in [9.17, 15) is 4.79 Å². The maximum Gasteiger partial charge on any atom is 0.268 e. The van der Waals surface area contributed by atoms with E-state index in [0.717, 1.165) is 12.2 Å². The number of anilines is 1. The summed E-state index contributed by atoms with van der Waals surface area (Å²) in [5, 5.41) is 4.09. The molecule has 0 fully saturated rings. The van der Waals surface area contributed by atoms with Gasteiger partial charge in [0.1, 0.15) is 0 Å². The highest BCUT2D eigenvalue weighted by Crippen LogP contribution is 2.06. The molecule has 1 rings (SSSR count). The molecule has 0 aliphatic heterocycles. The van der Waals surface area contributed by atoms with E-state index < -0.39 is 0 Å². The Balaban J connectivity index is 2.77. The summed E-state index contributed by atoms with van der Waals surface area (Å²) in [7, 11) is 3.54. The van der Waals surface area contributed by atoms with Crippen LogP contribution in [0.4, 0.5) is 5.69 Å². The third-order valence-corrected chi connectivity index (χ3v) is 2.39. The normalized spacial score (nSPS) is 12.5. The van der Waals surface area contributed by atoms with Crippen molar-refractivity contribution >= 4 is 5.69 Å². The molecular weight excluding hydrogens is 220 g/mol. The van der Waals surface area contributed by atoms with Gasteiger partial charge in [-0.1, -0.05) is 0 Å². The second kappa shape index (κ2) is 6.36. The molecule has 0 saturated carbocycles. The van der Waals surface area contributed by atoms with E-state index in [2.05, 4.69) is 5.10 Å². The topological polar surface area (TPSA) is 73.4 Å². The smallest absolute Gasteiger partial charge is 0.268 e. The molecule has 1 unspecified atom stereocenters. The SMILES string of the molecule is COCCN(C)c1cnn(CC(C)N)c(=O)c1. The van der Waals surface area contributed by atoms with Crippen LogP contribution in [0.15, 0.2) is 17.1 Å². The summed E-state index contributed by atoms with van der Waals surface area (Å²) in [5.74, 6) is 0. The Bertz CT molecular complexity index is 403. The van der Waals surface area contributed by atoms with Crippen LogP contribution in [0.25, 0.3) is 0 Å².